The average Bonchev–Trinajstić information content (AvgIpc) is 2.63. The van der Waals surface area contributed by atoms with Crippen LogP contribution in [0.3, 0.4) is 0 Å². The van der Waals surface area contributed by atoms with Crippen molar-refractivity contribution in [1.29, 1.82) is 0 Å². The molecule has 13 heavy (non-hydrogen) atoms. The molecule has 0 amide bonds. The molecule has 0 aliphatic heterocycles. The van der Waals surface area contributed by atoms with Gasteiger partial charge in [-0.05, 0) is 19.1 Å². The van der Waals surface area contributed by atoms with E-state index in [1.165, 1.54) is 0 Å². The third-order valence-corrected chi connectivity index (χ3v) is 2.07. The van der Waals surface area contributed by atoms with Crippen LogP contribution in [-0.2, 0) is 6.54 Å². The van der Waals surface area contributed by atoms with Gasteiger partial charge < -0.3 is 14.1 Å². The minimum atomic E-state index is 0.652. The Morgan fingerprint density at radius 3 is 3.08 bits per heavy atom. The normalized spacial score (nSPS) is 10.5. The predicted molar refractivity (Wildman–Crippen MR) is 50.0 cm³/mol. The van der Waals surface area contributed by atoms with Gasteiger partial charge >= 0.3 is 0 Å². The molecular formula is C8H9N3OS. The largest absolute Gasteiger partial charge is 0.364 e. The Labute approximate surface area is 80.2 Å². The molecule has 0 aliphatic carbocycles. The van der Waals surface area contributed by atoms with Crippen molar-refractivity contribution < 1.29 is 4.52 Å². The van der Waals surface area contributed by atoms with Crippen LogP contribution >= 0.6 is 12.2 Å². The zero-order chi connectivity index (χ0) is 9.26. The minimum absolute atomic E-state index is 0.652. The van der Waals surface area contributed by atoms with Gasteiger partial charge in [-0.1, -0.05) is 5.16 Å². The summed E-state index contributed by atoms with van der Waals surface area (Å²) in [5.74, 6) is 0. The summed E-state index contributed by atoms with van der Waals surface area (Å²) in [5, 5.41) is 3.81. The van der Waals surface area contributed by atoms with Gasteiger partial charge in [-0.2, -0.15) is 0 Å². The third-order valence-electron chi connectivity index (χ3n) is 1.74. The van der Waals surface area contributed by atoms with E-state index in [1.54, 1.807) is 6.26 Å². The van der Waals surface area contributed by atoms with Crippen molar-refractivity contribution in [2.45, 2.75) is 13.5 Å². The zero-order valence-electron chi connectivity index (χ0n) is 7.15. The number of nitrogens with zero attached hydrogens (tertiary/aromatic N) is 2. The number of rotatable bonds is 2. The lowest BCUT2D eigenvalue weighted by Gasteiger charge is -1.95. The second-order valence-corrected chi connectivity index (χ2v) is 3.25. The second-order valence-electron chi connectivity index (χ2n) is 2.86. The maximum atomic E-state index is 5.09. The molecule has 0 saturated heterocycles. The molecule has 0 fully saturated rings. The van der Waals surface area contributed by atoms with Gasteiger partial charge in [-0.3, -0.25) is 0 Å². The van der Waals surface area contributed by atoms with Crippen molar-refractivity contribution in [3.8, 4) is 0 Å². The van der Waals surface area contributed by atoms with Gasteiger partial charge in [-0.25, -0.2) is 0 Å². The van der Waals surface area contributed by atoms with Crippen molar-refractivity contribution in [2.24, 2.45) is 0 Å². The number of nitrogens with one attached hydrogen (secondary N) is 1. The fourth-order valence-corrected chi connectivity index (χ4v) is 1.45. The molecule has 2 aromatic heterocycles. The van der Waals surface area contributed by atoms with Gasteiger partial charge in [0.1, 0.15) is 12.0 Å². The first kappa shape index (κ1) is 8.25. The summed E-state index contributed by atoms with van der Waals surface area (Å²) in [6.07, 6.45) is 3.51. The topological polar surface area (TPSA) is 46.8 Å². The van der Waals surface area contributed by atoms with Crippen LogP contribution in [0.5, 0.6) is 0 Å². The van der Waals surface area contributed by atoms with E-state index in [4.69, 9.17) is 16.7 Å². The lowest BCUT2D eigenvalue weighted by atomic mass is 10.4. The number of hydrogen-bond donors (Lipinski definition) is 1. The molecule has 4 nitrogen and oxygen atoms in total. The van der Waals surface area contributed by atoms with Crippen LogP contribution in [0.4, 0.5) is 0 Å². The summed E-state index contributed by atoms with van der Waals surface area (Å²) < 4.78 is 7.35. The van der Waals surface area contributed by atoms with Gasteiger partial charge in [0, 0.05) is 18.0 Å². The lowest BCUT2D eigenvalue weighted by molar-refractivity contribution is 0.409. The Balaban J connectivity index is 2.28. The van der Waals surface area contributed by atoms with Gasteiger partial charge in [-0.15, -0.1) is 0 Å². The molecular weight excluding hydrogens is 186 g/mol. The summed E-state index contributed by atoms with van der Waals surface area (Å²) in [6.45, 7) is 2.62. The first-order chi connectivity index (χ1) is 6.25. The van der Waals surface area contributed by atoms with E-state index in [0.29, 0.717) is 11.3 Å². The SMILES string of the molecule is Cc1cn(Cc2ccon2)c(=S)[nH]1. The number of aryl methyl sites for hydroxylation is 1. The summed E-state index contributed by atoms with van der Waals surface area (Å²) in [4.78, 5) is 3.04. The third kappa shape index (κ3) is 1.70. The molecule has 0 spiro atoms. The highest BCUT2D eigenvalue weighted by atomic mass is 32.1. The van der Waals surface area contributed by atoms with Crippen molar-refractivity contribution in [2.75, 3.05) is 0 Å². The standard InChI is InChI=1S/C8H9N3OS/c1-6-4-11(8(13)9-6)5-7-2-3-12-10-7/h2-4H,5H2,1H3,(H,9,13). The van der Waals surface area contributed by atoms with Crippen molar-refractivity contribution in [3.05, 3.63) is 34.7 Å². The molecule has 0 bridgehead atoms. The highest BCUT2D eigenvalue weighted by Gasteiger charge is 2.00. The van der Waals surface area contributed by atoms with Crippen LogP contribution in [0.2, 0.25) is 0 Å². The van der Waals surface area contributed by atoms with Gasteiger partial charge in [0.2, 0.25) is 0 Å². The molecule has 2 aromatic rings. The van der Waals surface area contributed by atoms with Gasteiger partial charge in [0.15, 0.2) is 4.77 Å². The van der Waals surface area contributed by atoms with E-state index in [-0.39, 0.29) is 0 Å². The average molecular weight is 195 g/mol. The van der Waals surface area contributed by atoms with Crippen molar-refractivity contribution in [3.63, 3.8) is 0 Å². The number of hydrogen-bond acceptors (Lipinski definition) is 3. The van der Waals surface area contributed by atoms with Crippen LogP contribution in [0.15, 0.2) is 23.0 Å². The van der Waals surface area contributed by atoms with Crippen LogP contribution in [0.25, 0.3) is 0 Å². The molecule has 68 valence electrons. The Kier molecular flexibility index (Phi) is 2.02. The molecule has 2 rings (SSSR count). The Bertz CT molecular complexity index is 440. The summed E-state index contributed by atoms with van der Waals surface area (Å²) in [5.41, 5.74) is 1.92. The Hall–Kier alpha value is -1.36. The van der Waals surface area contributed by atoms with Crippen LogP contribution in [-0.4, -0.2) is 14.7 Å². The molecule has 2 heterocycles. The summed E-state index contributed by atoms with van der Waals surface area (Å²) in [6, 6.07) is 1.82. The quantitative estimate of drug-likeness (QED) is 0.744. The van der Waals surface area contributed by atoms with E-state index >= 15 is 0 Å². The van der Waals surface area contributed by atoms with E-state index in [2.05, 4.69) is 10.1 Å². The highest BCUT2D eigenvalue weighted by molar-refractivity contribution is 7.71. The molecule has 0 aromatic carbocycles. The van der Waals surface area contributed by atoms with Gasteiger partial charge in [0.25, 0.3) is 0 Å². The number of aromatic nitrogens is 3. The molecule has 5 heteroatoms. The molecule has 0 aliphatic rings. The maximum absolute atomic E-state index is 5.09. The maximum Gasteiger partial charge on any atom is 0.177 e. The van der Waals surface area contributed by atoms with Crippen LogP contribution < -0.4 is 0 Å². The fourth-order valence-electron chi connectivity index (χ4n) is 1.18. The predicted octanol–water partition coefficient (Wildman–Crippen LogP) is 1.89. The second kappa shape index (κ2) is 3.18. The molecule has 0 radical (unpaired) electrons. The number of aromatic amines is 1. The number of imidazole rings is 1. The number of H-pyrrole nitrogens is 1. The highest BCUT2D eigenvalue weighted by Crippen LogP contribution is 2.02. The smallest absolute Gasteiger partial charge is 0.177 e. The van der Waals surface area contributed by atoms with Crippen LogP contribution in [0.1, 0.15) is 11.4 Å². The minimum Gasteiger partial charge on any atom is -0.364 e. The first-order valence-electron chi connectivity index (χ1n) is 3.91. The van der Waals surface area contributed by atoms with E-state index in [1.807, 2.05) is 23.8 Å². The van der Waals surface area contributed by atoms with E-state index < -0.39 is 0 Å². The zero-order valence-corrected chi connectivity index (χ0v) is 7.97. The van der Waals surface area contributed by atoms with Crippen molar-refractivity contribution >= 4 is 12.2 Å². The van der Waals surface area contributed by atoms with E-state index in [0.717, 1.165) is 11.4 Å². The fraction of sp³-hybridized carbons (Fsp3) is 0.250. The van der Waals surface area contributed by atoms with Gasteiger partial charge in [0.05, 0.1) is 6.54 Å². The van der Waals surface area contributed by atoms with E-state index in [9.17, 15) is 0 Å². The van der Waals surface area contributed by atoms with Crippen molar-refractivity contribution in [1.82, 2.24) is 14.7 Å². The van der Waals surface area contributed by atoms with Crippen LogP contribution in [0, 0.1) is 11.7 Å². The molecule has 1 N–H and O–H groups in total. The molecule has 0 atom stereocenters. The summed E-state index contributed by atoms with van der Waals surface area (Å²) >= 11 is 5.09. The molecule has 0 saturated carbocycles. The first-order valence-corrected chi connectivity index (χ1v) is 4.32. The Morgan fingerprint density at radius 2 is 2.54 bits per heavy atom. The molecule has 0 unspecified atom stereocenters. The lowest BCUT2D eigenvalue weighted by Crippen LogP contribution is -1.97. The summed E-state index contributed by atoms with van der Waals surface area (Å²) in [7, 11) is 0. The monoisotopic (exact) mass is 195 g/mol. The Morgan fingerprint density at radius 1 is 1.69 bits per heavy atom.